The van der Waals surface area contributed by atoms with Crippen LogP contribution in [-0.2, 0) is 9.59 Å². The van der Waals surface area contributed by atoms with Gasteiger partial charge in [-0.3, -0.25) is 9.59 Å². The van der Waals surface area contributed by atoms with Crippen LogP contribution in [0.4, 0.5) is 0 Å². The third-order valence-corrected chi connectivity index (χ3v) is 5.50. The van der Waals surface area contributed by atoms with Crippen molar-refractivity contribution < 1.29 is 24.2 Å². The highest BCUT2D eigenvalue weighted by atomic mass is 16.5. The molecule has 1 aliphatic heterocycles. The lowest BCUT2D eigenvalue weighted by atomic mass is 9.91. The fourth-order valence-electron chi connectivity index (χ4n) is 3.78. The van der Waals surface area contributed by atoms with E-state index >= 15 is 0 Å². The summed E-state index contributed by atoms with van der Waals surface area (Å²) in [7, 11) is 1.57. The third kappa shape index (κ3) is 3.69. The molecule has 3 rings (SSSR count). The first-order valence-corrected chi connectivity index (χ1v) is 8.93. The van der Waals surface area contributed by atoms with Crippen molar-refractivity contribution >= 4 is 18.0 Å². The standard InChI is InChI=1S/C20H25NO5/c1-3-4-14-5-6-16(17(11-14)25-2)26-13-18(22)21-9-7-20(8-10-21)12-15(20)19(23)24/h3-6,11,15H,7-10,12-13H2,1-2H3,(H,23,24)/b4-3+. The number of rotatable bonds is 6. The van der Waals surface area contributed by atoms with Crippen molar-refractivity contribution in [1.29, 1.82) is 0 Å². The summed E-state index contributed by atoms with van der Waals surface area (Å²) in [6.07, 6.45) is 6.17. The van der Waals surface area contributed by atoms with Gasteiger partial charge in [0.15, 0.2) is 18.1 Å². The Kier molecular flexibility index (Phi) is 5.20. The van der Waals surface area contributed by atoms with E-state index in [0.717, 1.165) is 24.8 Å². The Bertz CT molecular complexity index is 719. The van der Waals surface area contributed by atoms with Crippen molar-refractivity contribution in [1.82, 2.24) is 4.90 Å². The molecule has 1 amide bonds. The van der Waals surface area contributed by atoms with Gasteiger partial charge in [-0.2, -0.15) is 0 Å². The molecule has 2 aliphatic rings. The summed E-state index contributed by atoms with van der Waals surface area (Å²) in [4.78, 5) is 25.3. The van der Waals surface area contributed by atoms with E-state index in [-0.39, 0.29) is 23.8 Å². The molecular formula is C20H25NO5. The van der Waals surface area contributed by atoms with Crippen LogP contribution in [0.5, 0.6) is 11.5 Å². The van der Waals surface area contributed by atoms with Crippen molar-refractivity contribution in [3.63, 3.8) is 0 Å². The van der Waals surface area contributed by atoms with Crippen molar-refractivity contribution in [2.24, 2.45) is 11.3 Å². The van der Waals surface area contributed by atoms with Crippen LogP contribution in [0.2, 0.25) is 0 Å². The molecule has 0 bridgehead atoms. The van der Waals surface area contributed by atoms with Crippen molar-refractivity contribution in [3.8, 4) is 11.5 Å². The molecule has 0 aromatic heterocycles. The highest BCUT2D eigenvalue weighted by Crippen LogP contribution is 2.59. The largest absolute Gasteiger partial charge is 0.493 e. The zero-order chi connectivity index (χ0) is 18.7. The van der Waals surface area contributed by atoms with Crippen molar-refractivity contribution in [3.05, 3.63) is 29.8 Å². The van der Waals surface area contributed by atoms with Crippen LogP contribution >= 0.6 is 0 Å². The molecule has 1 saturated heterocycles. The van der Waals surface area contributed by atoms with E-state index in [0.29, 0.717) is 24.6 Å². The van der Waals surface area contributed by atoms with Crippen molar-refractivity contribution in [2.75, 3.05) is 26.8 Å². The fraction of sp³-hybridized carbons (Fsp3) is 0.500. The predicted octanol–water partition coefficient (Wildman–Crippen LogP) is 2.82. The Labute approximate surface area is 153 Å². The molecule has 1 aromatic carbocycles. The highest BCUT2D eigenvalue weighted by Gasteiger charge is 2.59. The number of hydrogen-bond acceptors (Lipinski definition) is 4. The number of amides is 1. The summed E-state index contributed by atoms with van der Waals surface area (Å²) in [5.74, 6) is 0.119. The molecule has 1 saturated carbocycles. The number of aliphatic carboxylic acids is 1. The first-order chi connectivity index (χ1) is 12.5. The Morgan fingerprint density at radius 2 is 2.04 bits per heavy atom. The minimum absolute atomic E-state index is 0.0469. The number of likely N-dealkylation sites (tertiary alicyclic amines) is 1. The molecule has 0 radical (unpaired) electrons. The molecule has 140 valence electrons. The van der Waals surface area contributed by atoms with Crippen molar-refractivity contribution in [2.45, 2.75) is 26.2 Å². The van der Waals surface area contributed by atoms with Gasteiger partial charge in [-0.05, 0) is 49.3 Å². The number of nitrogens with zero attached hydrogens (tertiary/aromatic N) is 1. The molecule has 1 aromatic rings. The number of piperidine rings is 1. The monoisotopic (exact) mass is 359 g/mol. The average Bonchev–Trinajstić information content (AvgIpc) is 3.35. The summed E-state index contributed by atoms with van der Waals surface area (Å²) in [5.41, 5.74) is 0.928. The number of carboxylic acid groups (broad SMARTS) is 1. The van der Waals surface area contributed by atoms with Gasteiger partial charge in [-0.1, -0.05) is 18.2 Å². The Morgan fingerprint density at radius 1 is 1.31 bits per heavy atom. The van der Waals surface area contributed by atoms with Gasteiger partial charge >= 0.3 is 5.97 Å². The van der Waals surface area contributed by atoms with Crippen LogP contribution in [0.3, 0.4) is 0 Å². The zero-order valence-corrected chi connectivity index (χ0v) is 15.2. The van der Waals surface area contributed by atoms with Gasteiger partial charge in [0, 0.05) is 13.1 Å². The van der Waals surface area contributed by atoms with Gasteiger partial charge in [0.25, 0.3) is 5.91 Å². The Balaban J connectivity index is 1.53. The molecule has 2 fully saturated rings. The highest BCUT2D eigenvalue weighted by molar-refractivity contribution is 5.78. The third-order valence-electron chi connectivity index (χ3n) is 5.50. The summed E-state index contributed by atoms with van der Waals surface area (Å²) in [6.45, 7) is 3.10. The minimum atomic E-state index is -0.707. The van der Waals surface area contributed by atoms with Gasteiger partial charge in [0.2, 0.25) is 0 Å². The summed E-state index contributed by atoms with van der Waals surface area (Å²) in [6, 6.07) is 5.57. The number of ether oxygens (including phenoxy) is 2. The number of carbonyl (C=O) groups is 2. The first-order valence-electron chi connectivity index (χ1n) is 8.93. The van der Waals surface area contributed by atoms with Gasteiger partial charge in [0.05, 0.1) is 13.0 Å². The summed E-state index contributed by atoms with van der Waals surface area (Å²) >= 11 is 0. The van der Waals surface area contributed by atoms with Crippen LogP contribution in [0.15, 0.2) is 24.3 Å². The zero-order valence-electron chi connectivity index (χ0n) is 15.2. The fourth-order valence-corrected chi connectivity index (χ4v) is 3.78. The van der Waals surface area contributed by atoms with E-state index in [1.807, 2.05) is 31.2 Å². The van der Waals surface area contributed by atoms with Gasteiger partial charge in [-0.25, -0.2) is 0 Å². The minimum Gasteiger partial charge on any atom is -0.493 e. The quantitative estimate of drug-likeness (QED) is 0.845. The maximum Gasteiger partial charge on any atom is 0.307 e. The SMILES string of the molecule is C/C=C/c1ccc(OCC(=O)N2CCC3(CC2)CC3C(=O)O)c(OC)c1. The second-order valence-corrected chi connectivity index (χ2v) is 7.04. The summed E-state index contributed by atoms with van der Waals surface area (Å²) in [5, 5.41) is 9.14. The molecule has 6 nitrogen and oxygen atoms in total. The van der Waals surface area contributed by atoms with Crippen LogP contribution in [0, 0.1) is 11.3 Å². The Morgan fingerprint density at radius 3 is 2.62 bits per heavy atom. The van der Waals surface area contributed by atoms with Crippen LogP contribution in [-0.4, -0.2) is 48.7 Å². The molecule has 1 unspecified atom stereocenters. The molecule has 1 atom stereocenters. The van der Waals surface area contributed by atoms with Gasteiger partial charge < -0.3 is 19.5 Å². The molecular weight excluding hydrogens is 334 g/mol. The molecule has 1 heterocycles. The lowest BCUT2D eigenvalue weighted by Crippen LogP contribution is -2.42. The number of benzene rings is 1. The predicted molar refractivity (Wildman–Crippen MR) is 97.2 cm³/mol. The molecule has 1 spiro atoms. The smallest absolute Gasteiger partial charge is 0.307 e. The van der Waals surface area contributed by atoms with E-state index in [1.165, 1.54) is 0 Å². The van der Waals surface area contributed by atoms with Crippen LogP contribution in [0.1, 0.15) is 31.7 Å². The van der Waals surface area contributed by atoms with Crippen LogP contribution in [0.25, 0.3) is 6.08 Å². The number of carbonyl (C=O) groups excluding carboxylic acids is 1. The van der Waals surface area contributed by atoms with Gasteiger partial charge in [-0.15, -0.1) is 0 Å². The van der Waals surface area contributed by atoms with Crippen LogP contribution < -0.4 is 9.47 Å². The summed E-state index contributed by atoms with van der Waals surface area (Å²) < 4.78 is 11.0. The van der Waals surface area contributed by atoms with E-state index in [1.54, 1.807) is 18.1 Å². The van der Waals surface area contributed by atoms with E-state index in [4.69, 9.17) is 14.6 Å². The van der Waals surface area contributed by atoms with E-state index in [9.17, 15) is 9.59 Å². The maximum absolute atomic E-state index is 12.4. The normalized spacial score (nSPS) is 21.0. The lowest BCUT2D eigenvalue weighted by Gasteiger charge is -2.32. The second kappa shape index (κ2) is 7.40. The van der Waals surface area contributed by atoms with Gasteiger partial charge in [0.1, 0.15) is 0 Å². The molecule has 26 heavy (non-hydrogen) atoms. The maximum atomic E-state index is 12.4. The number of methoxy groups -OCH3 is 1. The molecule has 1 N–H and O–H groups in total. The number of hydrogen-bond donors (Lipinski definition) is 1. The number of carboxylic acids is 1. The lowest BCUT2D eigenvalue weighted by molar-refractivity contribution is -0.140. The topological polar surface area (TPSA) is 76.1 Å². The number of allylic oxidation sites excluding steroid dienone is 1. The molecule has 1 aliphatic carbocycles. The van der Waals surface area contributed by atoms with E-state index in [2.05, 4.69) is 0 Å². The average molecular weight is 359 g/mol. The first kappa shape index (κ1) is 18.3. The van der Waals surface area contributed by atoms with E-state index < -0.39 is 5.97 Å². The Hall–Kier alpha value is -2.50. The second-order valence-electron chi connectivity index (χ2n) is 7.04. The molecule has 6 heteroatoms.